The van der Waals surface area contributed by atoms with E-state index < -0.39 is 0 Å². The molecule has 1 unspecified atom stereocenters. The number of benzene rings is 1. The molecule has 1 aromatic carbocycles. The Labute approximate surface area is 80.5 Å². The van der Waals surface area contributed by atoms with Gasteiger partial charge in [0, 0.05) is 6.04 Å². The molecular weight excluding hydrogens is 158 g/mol. The Morgan fingerprint density at radius 1 is 1.38 bits per heavy atom. The highest BCUT2D eigenvalue weighted by molar-refractivity contribution is 5.24. The summed E-state index contributed by atoms with van der Waals surface area (Å²) in [7, 11) is 0. The monoisotopic (exact) mass is 175 g/mol. The maximum Gasteiger partial charge on any atom is 0.0480 e. The summed E-state index contributed by atoms with van der Waals surface area (Å²) >= 11 is 0. The number of allylic oxidation sites excluding steroid dienone is 1. The number of aryl methyl sites for hydroxylation is 1. The summed E-state index contributed by atoms with van der Waals surface area (Å²) in [6.45, 7) is 6.29. The van der Waals surface area contributed by atoms with Gasteiger partial charge >= 0.3 is 0 Å². The molecule has 0 heterocycles. The fourth-order valence-corrected chi connectivity index (χ4v) is 1.28. The average molecular weight is 175 g/mol. The van der Waals surface area contributed by atoms with Gasteiger partial charge in [0.25, 0.3) is 0 Å². The zero-order valence-electron chi connectivity index (χ0n) is 8.54. The van der Waals surface area contributed by atoms with Crippen LogP contribution in [0.3, 0.4) is 0 Å². The van der Waals surface area contributed by atoms with Crippen LogP contribution >= 0.6 is 0 Å². The molecule has 0 radical (unpaired) electrons. The molecule has 0 bridgehead atoms. The molecule has 0 spiro atoms. The van der Waals surface area contributed by atoms with Crippen molar-refractivity contribution in [2.45, 2.75) is 26.8 Å². The summed E-state index contributed by atoms with van der Waals surface area (Å²) < 4.78 is 0. The van der Waals surface area contributed by atoms with Crippen LogP contribution in [0, 0.1) is 6.92 Å². The lowest BCUT2D eigenvalue weighted by Crippen LogP contribution is -2.11. The molecule has 0 aliphatic carbocycles. The van der Waals surface area contributed by atoms with E-state index in [9.17, 15) is 0 Å². The summed E-state index contributed by atoms with van der Waals surface area (Å²) in [5.41, 5.74) is 2.64. The molecule has 0 fully saturated rings. The van der Waals surface area contributed by atoms with E-state index in [2.05, 4.69) is 43.4 Å². The molecule has 0 saturated carbocycles. The zero-order chi connectivity index (χ0) is 9.68. The molecule has 0 aliphatic rings. The number of rotatable bonds is 3. The van der Waals surface area contributed by atoms with E-state index in [1.807, 2.05) is 19.2 Å². The Hall–Kier alpha value is -1.24. The molecule has 1 atom stereocenters. The molecule has 70 valence electrons. The summed E-state index contributed by atoms with van der Waals surface area (Å²) in [5.74, 6) is 0. The lowest BCUT2D eigenvalue weighted by atomic mass is 10.1. The Morgan fingerprint density at radius 3 is 2.77 bits per heavy atom. The third kappa shape index (κ3) is 2.94. The first-order chi connectivity index (χ1) is 6.24. The van der Waals surface area contributed by atoms with E-state index in [0.717, 1.165) is 0 Å². The molecule has 0 aliphatic heterocycles. The van der Waals surface area contributed by atoms with Crippen LogP contribution in [0.5, 0.6) is 0 Å². The summed E-state index contributed by atoms with van der Waals surface area (Å²) in [6.07, 6.45) is 3.99. The topological polar surface area (TPSA) is 12.0 Å². The standard InChI is InChI=1S/C12H17N/c1-4-8-13-11(3)12-7-5-6-10(2)9-12/h4-9,11,13H,1-3H3/b8-4-. The Balaban J connectivity index is 2.70. The van der Waals surface area contributed by atoms with Gasteiger partial charge in [0.15, 0.2) is 0 Å². The Bertz CT molecular complexity index is 289. The van der Waals surface area contributed by atoms with E-state index in [1.54, 1.807) is 0 Å². The van der Waals surface area contributed by atoms with E-state index in [0.29, 0.717) is 6.04 Å². The third-order valence-electron chi connectivity index (χ3n) is 2.06. The molecule has 1 nitrogen and oxygen atoms in total. The number of hydrogen-bond acceptors (Lipinski definition) is 1. The smallest absolute Gasteiger partial charge is 0.0480 e. The number of hydrogen-bond donors (Lipinski definition) is 1. The summed E-state index contributed by atoms with van der Waals surface area (Å²) in [4.78, 5) is 0. The molecule has 1 aromatic rings. The summed E-state index contributed by atoms with van der Waals surface area (Å²) in [6, 6.07) is 8.95. The van der Waals surface area contributed by atoms with Crippen LogP contribution in [0.4, 0.5) is 0 Å². The van der Waals surface area contributed by atoms with E-state index in [4.69, 9.17) is 0 Å². The van der Waals surface area contributed by atoms with Crippen LogP contribution < -0.4 is 5.32 Å². The van der Waals surface area contributed by atoms with Gasteiger partial charge < -0.3 is 5.32 Å². The maximum atomic E-state index is 3.30. The SMILES string of the molecule is C/C=C\NC(C)c1cccc(C)c1. The van der Waals surface area contributed by atoms with Gasteiger partial charge in [-0.25, -0.2) is 0 Å². The molecular formula is C12H17N. The van der Waals surface area contributed by atoms with Gasteiger partial charge in [-0.3, -0.25) is 0 Å². The van der Waals surface area contributed by atoms with Crippen LogP contribution in [0.15, 0.2) is 36.5 Å². The first-order valence-electron chi connectivity index (χ1n) is 4.68. The van der Waals surface area contributed by atoms with Crippen molar-refractivity contribution < 1.29 is 0 Å². The van der Waals surface area contributed by atoms with Gasteiger partial charge in [-0.2, -0.15) is 0 Å². The zero-order valence-corrected chi connectivity index (χ0v) is 8.54. The molecule has 13 heavy (non-hydrogen) atoms. The minimum absolute atomic E-state index is 0.385. The van der Waals surface area contributed by atoms with Crippen molar-refractivity contribution in [1.82, 2.24) is 5.32 Å². The van der Waals surface area contributed by atoms with E-state index in [-0.39, 0.29) is 0 Å². The lowest BCUT2D eigenvalue weighted by molar-refractivity contribution is 0.685. The second-order valence-corrected chi connectivity index (χ2v) is 3.30. The van der Waals surface area contributed by atoms with Gasteiger partial charge in [-0.1, -0.05) is 35.9 Å². The van der Waals surface area contributed by atoms with Crippen molar-refractivity contribution in [3.05, 3.63) is 47.7 Å². The average Bonchev–Trinajstić information content (AvgIpc) is 2.14. The Morgan fingerprint density at radius 2 is 2.15 bits per heavy atom. The van der Waals surface area contributed by atoms with Gasteiger partial charge in [0.1, 0.15) is 0 Å². The largest absolute Gasteiger partial charge is 0.385 e. The van der Waals surface area contributed by atoms with Gasteiger partial charge in [0.05, 0.1) is 0 Å². The quantitative estimate of drug-likeness (QED) is 0.744. The van der Waals surface area contributed by atoms with Crippen LogP contribution in [0.1, 0.15) is 31.0 Å². The molecule has 0 saturated heterocycles. The predicted molar refractivity (Wildman–Crippen MR) is 57.5 cm³/mol. The molecule has 0 aromatic heterocycles. The molecule has 1 rings (SSSR count). The second-order valence-electron chi connectivity index (χ2n) is 3.30. The predicted octanol–water partition coefficient (Wildman–Crippen LogP) is 3.18. The van der Waals surface area contributed by atoms with Gasteiger partial charge in [-0.05, 0) is 32.5 Å². The Kier molecular flexibility index (Phi) is 3.56. The van der Waals surface area contributed by atoms with E-state index in [1.165, 1.54) is 11.1 Å². The van der Waals surface area contributed by atoms with E-state index >= 15 is 0 Å². The van der Waals surface area contributed by atoms with Gasteiger partial charge in [0.2, 0.25) is 0 Å². The second kappa shape index (κ2) is 4.70. The molecule has 1 N–H and O–H groups in total. The maximum absolute atomic E-state index is 3.30. The van der Waals surface area contributed by atoms with Crippen molar-refractivity contribution in [3.63, 3.8) is 0 Å². The minimum Gasteiger partial charge on any atom is -0.385 e. The van der Waals surface area contributed by atoms with Crippen LogP contribution in [0.2, 0.25) is 0 Å². The van der Waals surface area contributed by atoms with Crippen molar-refractivity contribution in [3.8, 4) is 0 Å². The lowest BCUT2D eigenvalue weighted by Gasteiger charge is -2.12. The first kappa shape index (κ1) is 9.85. The fraction of sp³-hybridized carbons (Fsp3) is 0.333. The minimum atomic E-state index is 0.385. The van der Waals surface area contributed by atoms with Crippen LogP contribution in [0.25, 0.3) is 0 Å². The number of nitrogens with one attached hydrogen (secondary N) is 1. The van der Waals surface area contributed by atoms with Crippen LogP contribution in [-0.2, 0) is 0 Å². The highest BCUT2D eigenvalue weighted by Gasteiger charge is 2.00. The third-order valence-corrected chi connectivity index (χ3v) is 2.06. The van der Waals surface area contributed by atoms with Crippen LogP contribution in [-0.4, -0.2) is 0 Å². The molecule has 0 amide bonds. The van der Waals surface area contributed by atoms with Crippen molar-refractivity contribution in [2.75, 3.05) is 0 Å². The normalized spacial score (nSPS) is 13.2. The highest BCUT2D eigenvalue weighted by Crippen LogP contribution is 2.13. The van der Waals surface area contributed by atoms with Crippen molar-refractivity contribution in [1.29, 1.82) is 0 Å². The molecule has 1 heteroatoms. The first-order valence-corrected chi connectivity index (χ1v) is 4.68. The fourth-order valence-electron chi connectivity index (χ4n) is 1.28. The highest BCUT2D eigenvalue weighted by atomic mass is 14.9. The van der Waals surface area contributed by atoms with Crippen molar-refractivity contribution >= 4 is 0 Å². The van der Waals surface area contributed by atoms with Crippen molar-refractivity contribution in [2.24, 2.45) is 0 Å². The van der Waals surface area contributed by atoms with Gasteiger partial charge in [-0.15, -0.1) is 0 Å². The summed E-state index contributed by atoms with van der Waals surface area (Å²) in [5, 5.41) is 3.30.